The second-order valence-electron chi connectivity index (χ2n) is 9.40. The number of fused-ring (bicyclic) bond motifs is 1. The molecule has 1 aliphatic rings. The summed E-state index contributed by atoms with van der Waals surface area (Å²) >= 11 is 0. The predicted octanol–water partition coefficient (Wildman–Crippen LogP) is 4.04. The average Bonchev–Trinajstić information content (AvgIpc) is 3.37. The van der Waals surface area contributed by atoms with E-state index >= 15 is 0 Å². The smallest absolute Gasteiger partial charge is 0.328 e. The summed E-state index contributed by atoms with van der Waals surface area (Å²) in [7, 11) is 1.64. The molecule has 1 fully saturated rings. The van der Waals surface area contributed by atoms with Crippen LogP contribution in [-0.2, 0) is 12.7 Å². The molecule has 0 saturated carbocycles. The quantitative estimate of drug-likeness (QED) is 0.287. The van der Waals surface area contributed by atoms with Crippen molar-refractivity contribution in [3.8, 4) is 11.8 Å². The van der Waals surface area contributed by atoms with Gasteiger partial charge in [-0.3, -0.25) is 14.7 Å². The maximum atomic E-state index is 13.9. The maximum absolute atomic E-state index is 13.9. The standard InChI is InChI=1S/C27H24F3N7O.C2H5N/c28-27(29,30)24-13-22(5-4-19(24)17-36-10-7-21(31)8-11-36)35-26(38)20-12-18(14-32-15-20)3-6-23-16-33-25-2-1-9-34-37(23)25;1-3-2/h1-2,4-5,9,12-16,21H,7-8,10-11,17,31H2,(H,35,38);1H2,2H3. The van der Waals surface area contributed by atoms with E-state index in [0.29, 0.717) is 30.0 Å². The number of alkyl halides is 3. The molecule has 5 rings (SSSR count). The summed E-state index contributed by atoms with van der Waals surface area (Å²) in [6, 6.07) is 9.04. The van der Waals surface area contributed by atoms with Gasteiger partial charge in [0.2, 0.25) is 0 Å². The molecule has 0 spiro atoms. The number of piperidine rings is 1. The minimum absolute atomic E-state index is 0.0417. The highest BCUT2D eigenvalue weighted by Crippen LogP contribution is 2.35. The van der Waals surface area contributed by atoms with E-state index in [1.54, 1.807) is 36.1 Å². The van der Waals surface area contributed by atoms with Gasteiger partial charge in [-0.25, -0.2) is 9.50 Å². The normalized spacial score (nSPS) is 14.0. The van der Waals surface area contributed by atoms with Gasteiger partial charge >= 0.3 is 6.18 Å². The number of aromatic nitrogens is 4. The number of anilines is 1. The minimum atomic E-state index is -4.56. The molecule has 0 atom stereocenters. The third-order valence-corrected chi connectivity index (χ3v) is 6.31. The summed E-state index contributed by atoms with van der Waals surface area (Å²) in [4.78, 5) is 26.3. The number of pyridine rings is 1. The van der Waals surface area contributed by atoms with Crippen LogP contribution >= 0.6 is 0 Å². The largest absolute Gasteiger partial charge is 0.416 e. The van der Waals surface area contributed by atoms with Gasteiger partial charge in [0.15, 0.2) is 5.65 Å². The van der Waals surface area contributed by atoms with Crippen molar-refractivity contribution in [3.05, 3.63) is 89.1 Å². The number of hydrogen-bond acceptors (Lipinski definition) is 7. The van der Waals surface area contributed by atoms with Crippen LogP contribution in [0.5, 0.6) is 0 Å². The number of rotatable bonds is 4. The van der Waals surface area contributed by atoms with Crippen molar-refractivity contribution < 1.29 is 18.0 Å². The van der Waals surface area contributed by atoms with E-state index in [-0.39, 0.29) is 29.4 Å². The van der Waals surface area contributed by atoms with Crippen LogP contribution in [0.15, 0.2) is 66.2 Å². The van der Waals surface area contributed by atoms with Crippen molar-refractivity contribution in [1.82, 2.24) is 24.5 Å². The van der Waals surface area contributed by atoms with Crippen LogP contribution in [0.1, 0.15) is 45.6 Å². The van der Waals surface area contributed by atoms with E-state index in [2.05, 4.69) is 43.9 Å². The molecule has 4 heterocycles. The fourth-order valence-corrected chi connectivity index (χ4v) is 4.29. The van der Waals surface area contributed by atoms with Crippen molar-refractivity contribution in [2.45, 2.75) is 31.6 Å². The Morgan fingerprint density at radius 3 is 2.66 bits per heavy atom. The third kappa shape index (κ3) is 7.75. The van der Waals surface area contributed by atoms with Crippen LogP contribution in [0.4, 0.5) is 18.9 Å². The van der Waals surface area contributed by atoms with Crippen LogP contribution in [0, 0.1) is 11.8 Å². The summed E-state index contributed by atoms with van der Waals surface area (Å²) in [6.07, 6.45) is 2.97. The number of nitrogens with zero attached hydrogens (tertiary/aromatic N) is 6. The van der Waals surface area contributed by atoms with Crippen LogP contribution in [-0.4, -0.2) is 63.3 Å². The monoisotopic (exact) mass is 562 g/mol. The van der Waals surface area contributed by atoms with Crippen molar-refractivity contribution in [2.75, 3.05) is 25.5 Å². The Morgan fingerprint density at radius 2 is 1.93 bits per heavy atom. The molecular weight excluding hydrogens is 533 g/mol. The van der Waals surface area contributed by atoms with Gasteiger partial charge in [0.25, 0.3) is 5.91 Å². The fraction of sp³-hybridized carbons (Fsp3) is 0.276. The first-order chi connectivity index (χ1) is 19.7. The van der Waals surface area contributed by atoms with Crippen LogP contribution in [0.25, 0.3) is 5.65 Å². The molecule has 0 unspecified atom stereocenters. The zero-order valence-electron chi connectivity index (χ0n) is 22.4. The average molecular weight is 563 g/mol. The fourth-order valence-electron chi connectivity index (χ4n) is 4.29. The number of benzene rings is 1. The van der Waals surface area contributed by atoms with Crippen LogP contribution in [0.2, 0.25) is 0 Å². The van der Waals surface area contributed by atoms with E-state index in [1.165, 1.54) is 30.6 Å². The van der Waals surface area contributed by atoms with Gasteiger partial charge in [-0.15, -0.1) is 0 Å². The van der Waals surface area contributed by atoms with Crippen molar-refractivity contribution in [3.63, 3.8) is 0 Å². The lowest BCUT2D eigenvalue weighted by molar-refractivity contribution is -0.138. The molecule has 0 bridgehead atoms. The first kappa shape index (κ1) is 29.4. The lowest BCUT2D eigenvalue weighted by Gasteiger charge is -2.30. The Hall–Kier alpha value is -4.60. The molecule has 1 aliphatic heterocycles. The van der Waals surface area contributed by atoms with Crippen molar-refractivity contribution in [1.29, 1.82) is 0 Å². The first-order valence-electron chi connectivity index (χ1n) is 12.8. The Kier molecular flexibility index (Phi) is 9.44. The number of imidazole rings is 1. The second kappa shape index (κ2) is 13.2. The number of likely N-dealkylation sites (tertiary alicyclic amines) is 1. The van der Waals surface area contributed by atoms with E-state index < -0.39 is 17.6 Å². The number of hydrogen-bond donors (Lipinski definition) is 2. The number of halogens is 3. The van der Waals surface area contributed by atoms with Gasteiger partial charge < -0.3 is 16.0 Å². The molecule has 212 valence electrons. The Balaban J connectivity index is 0.00000124. The van der Waals surface area contributed by atoms with Gasteiger partial charge in [-0.2, -0.15) is 18.3 Å². The van der Waals surface area contributed by atoms with Gasteiger partial charge in [-0.1, -0.05) is 12.0 Å². The highest BCUT2D eigenvalue weighted by molar-refractivity contribution is 6.04. The Bertz CT molecular complexity index is 1580. The van der Waals surface area contributed by atoms with Crippen LogP contribution in [0.3, 0.4) is 0 Å². The molecule has 1 amide bonds. The number of carbonyl (C=O) groups is 1. The maximum Gasteiger partial charge on any atom is 0.416 e. The summed E-state index contributed by atoms with van der Waals surface area (Å²) in [5.41, 5.74) is 7.16. The summed E-state index contributed by atoms with van der Waals surface area (Å²) in [5.74, 6) is 5.27. The summed E-state index contributed by atoms with van der Waals surface area (Å²) in [6.45, 7) is 4.58. The minimum Gasteiger partial charge on any atom is -0.328 e. The second-order valence-corrected chi connectivity index (χ2v) is 9.40. The number of aliphatic imine (C=N–C) groups is 1. The number of amides is 1. The molecule has 9 nitrogen and oxygen atoms in total. The van der Waals surface area contributed by atoms with Gasteiger partial charge in [0.1, 0.15) is 5.69 Å². The molecule has 0 aliphatic carbocycles. The highest BCUT2D eigenvalue weighted by atomic mass is 19.4. The lowest BCUT2D eigenvalue weighted by Crippen LogP contribution is -2.39. The molecule has 41 heavy (non-hydrogen) atoms. The molecule has 3 aromatic heterocycles. The Labute approximate surface area is 235 Å². The Morgan fingerprint density at radius 1 is 1.17 bits per heavy atom. The molecule has 1 saturated heterocycles. The number of carbonyl (C=O) groups excluding carboxylic acids is 1. The molecule has 1 aromatic carbocycles. The molecule has 4 aromatic rings. The van der Waals surface area contributed by atoms with Crippen molar-refractivity contribution in [2.24, 2.45) is 10.7 Å². The summed E-state index contributed by atoms with van der Waals surface area (Å²) < 4.78 is 43.2. The van der Waals surface area contributed by atoms with E-state index in [9.17, 15) is 18.0 Å². The van der Waals surface area contributed by atoms with Gasteiger partial charge in [-0.05, 0) is 74.5 Å². The highest BCUT2D eigenvalue weighted by Gasteiger charge is 2.34. The van der Waals surface area contributed by atoms with Crippen molar-refractivity contribution >= 4 is 24.0 Å². The topological polar surface area (TPSA) is 114 Å². The predicted molar refractivity (Wildman–Crippen MR) is 151 cm³/mol. The molecule has 0 radical (unpaired) electrons. The molecule has 3 N–H and O–H groups in total. The first-order valence-corrected chi connectivity index (χ1v) is 12.8. The SMILES string of the molecule is C=NC.NC1CCN(Cc2ccc(NC(=O)c3cncc(C#Cc4cnc5cccnn45)c3)cc2C(F)(F)F)CC1. The van der Waals surface area contributed by atoms with Crippen LogP contribution < -0.4 is 11.1 Å². The van der Waals surface area contributed by atoms with E-state index in [4.69, 9.17) is 5.73 Å². The van der Waals surface area contributed by atoms with E-state index in [1.807, 2.05) is 4.90 Å². The van der Waals surface area contributed by atoms with Gasteiger partial charge in [0, 0.05) is 49.5 Å². The summed E-state index contributed by atoms with van der Waals surface area (Å²) in [5, 5.41) is 6.74. The molecule has 12 heteroatoms. The number of nitrogens with one attached hydrogen (secondary N) is 1. The third-order valence-electron chi connectivity index (χ3n) is 6.31. The zero-order chi connectivity index (χ0) is 29.4. The molecular formula is C29H29F3N8O. The lowest BCUT2D eigenvalue weighted by atomic mass is 10.0. The number of nitrogens with two attached hydrogens (primary N) is 1. The zero-order valence-corrected chi connectivity index (χ0v) is 22.4. The van der Waals surface area contributed by atoms with E-state index in [0.717, 1.165) is 18.9 Å². The van der Waals surface area contributed by atoms with Gasteiger partial charge in [0.05, 0.1) is 17.3 Å².